The van der Waals surface area contributed by atoms with Crippen molar-refractivity contribution in [2.75, 3.05) is 0 Å². The molecule has 22 heavy (non-hydrogen) atoms. The summed E-state index contributed by atoms with van der Waals surface area (Å²) in [4.78, 5) is 4.43. The van der Waals surface area contributed by atoms with Gasteiger partial charge >= 0.3 is 7.12 Å². The number of hydrogen-bond donors (Lipinski definition) is 0. The molecule has 1 aliphatic carbocycles. The van der Waals surface area contributed by atoms with E-state index >= 15 is 0 Å². The molecular formula is C17H26BNO3. The fourth-order valence-corrected chi connectivity index (χ4v) is 2.99. The van der Waals surface area contributed by atoms with E-state index in [1.165, 1.54) is 19.3 Å². The van der Waals surface area contributed by atoms with Crippen LogP contribution in [0.2, 0.25) is 0 Å². The molecule has 0 amide bonds. The molecule has 5 heteroatoms. The van der Waals surface area contributed by atoms with Crippen molar-refractivity contribution in [1.82, 2.24) is 4.98 Å². The fraction of sp³-hybridized carbons (Fsp3) is 0.706. The van der Waals surface area contributed by atoms with E-state index in [1.807, 2.05) is 12.1 Å². The van der Waals surface area contributed by atoms with Crippen LogP contribution in [-0.2, 0) is 9.31 Å². The van der Waals surface area contributed by atoms with Crippen LogP contribution in [-0.4, -0.2) is 29.4 Å². The van der Waals surface area contributed by atoms with Crippen molar-refractivity contribution in [3.63, 3.8) is 0 Å². The van der Waals surface area contributed by atoms with Crippen LogP contribution in [0.15, 0.2) is 18.3 Å². The van der Waals surface area contributed by atoms with Crippen LogP contribution < -0.4 is 10.2 Å². The monoisotopic (exact) mass is 303 g/mol. The number of nitrogens with zero attached hydrogens (tertiary/aromatic N) is 1. The Bertz CT molecular complexity index is 510. The Kier molecular flexibility index (Phi) is 4.21. The molecule has 1 saturated carbocycles. The average Bonchev–Trinajstić information content (AvgIpc) is 2.69. The first-order valence-corrected chi connectivity index (χ1v) is 8.36. The minimum Gasteiger partial charge on any atom is -0.475 e. The number of ether oxygens (including phenoxy) is 1. The predicted octanol–water partition coefficient (Wildman–Crippen LogP) is 3.09. The summed E-state index contributed by atoms with van der Waals surface area (Å²) in [5.74, 6) is 0.660. The van der Waals surface area contributed by atoms with E-state index in [0.29, 0.717) is 5.88 Å². The highest BCUT2D eigenvalue weighted by atomic mass is 16.7. The van der Waals surface area contributed by atoms with Crippen LogP contribution in [0.4, 0.5) is 0 Å². The molecule has 2 fully saturated rings. The van der Waals surface area contributed by atoms with Gasteiger partial charge in [0.2, 0.25) is 5.88 Å². The lowest BCUT2D eigenvalue weighted by molar-refractivity contribution is 0.00578. The zero-order chi connectivity index (χ0) is 15.8. The third kappa shape index (κ3) is 3.02. The Labute approximate surface area is 133 Å². The first-order valence-electron chi connectivity index (χ1n) is 8.36. The van der Waals surface area contributed by atoms with Crippen molar-refractivity contribution in [3.8, 4) is 5.88 Å². The first-order chi connectivity index (χ1) is 10.4. The molecule has 1 aromatic heterocycles. The topological polar surface area (TPSA) is 40.6 Å². The first kappa shape index (κ1) is 15.8. The molecule has 0 spiro atoms. The molecule has 2 heterocycles. The van der Waals surface area contributed by atoms with Crippen molar-refractivity contribution >= 4 is 12.6 Å². The fourth-order valence-electron chi connectivity index (χ4n) is 2.99. The highest BCUT2D eigenvalue weighted by molar-refractivity contribution is 6.63. The van der Waals surface area contributed by atoms with Gasteiger partial charge in [0, 0.05) is 11.7 Å². The smallest absolute Gasteiger partial charge is 0.475 e. The van der Waals surface area contributed by atoms with Gasteiger partial charge in [-0.15, -0.1) is 0 Å². The molecule has 1 saturated heterocycles. The van der Waals surface area contributed by atoms with Crippen LogP contribution >= 0.6 is 0 Å². The maximum Gasteiger partial charge on any atom is 0.500 e. The van der Waals surface area contributed by atoms with Crippen LogP contribution in [0.3, 0.4) is 0 Å². The lowest BCUT2D eigenvalue weighted by Crippen LogP contribution is -2.41. The van der Waals surface area contributed by atoms with E-state index in [4.69, 9.17) is 14.0 Å². The Morgan fingerprint density at radius 1 is 1.09 bits per heavy atom. The van der Waals surface area contributed by atoms with Gasteiger partial charge in [0.15, 0.2) is 0 Å². The van der Waals surface area contributed by atoms with Gasteiger partial charge in [-0.2, -0.15) is 0 Å². The van der Waals surface area contributed by atoms with Gasteiger partial charge in [0.25, 0.3) is 0 Å². The van der Waals surface area contributed by atoms with Crippen molar-refractivity contribution in [1.29, 1.82) is 0 Å². The molecular weight excluding hydrogens is 277 g/mol. The van der Waals surface area contributed by atoms with Gasteiger partial charge in [-0.05, 0) is 59.4 Å². The Morgan fingerprint density at radius 3 is 2.36 bits per heavy atom. The SMILES string of the molecule is CC1(C)OB(c2cccnc2OC2CCCCC2)OC1(C)C. The molecule has 0 N–H and O–H groups in total. The van der Waals surface area contributed by atoms with Crippen molar-refractivity contribution in [2.45, 2.75) is 77.1 Å². The number of rotatable bonds is 3. The molecule has 0 bridgehead atoms. The van der Waals surface area contributed by atoms with E-state index in [2.05, 4.69) is 32.7 Å². The van der Waals surface area contributed by atoms with E-state index < -0.39 is 7.12 Å². The van der Waals surface area contributed by atoms with E-state index in [1.54, 1.807) is 6.20 Å². The van der Waals surface area contributed by atoms with Crippen LogP contribution in [0.1, 0.15) is 59.8 Å². The summed E-state index contributed by atoms with van der Waals surface area (Å²) in [6.45, 7) is 8.24. The largest absolute Gasteiger partial charge is 0.500 e. The summed E-state index contributed by atoms with van der Waals surface area (Å²) < 4.78 is 18.4. The average molecular weight is 303 g/mol. The van der Waals surface area contributed by atoms with Crippen molar-refractivity contribution in [3.05, 3.63) is 18.3 Å². The van der Waals surface area contributed by atoms with Gasteiger partial charge in [-0.25, -0.2) is 4.98 Å². The third-order valence-corrected chi connectivity index (χ3v) is 5.14. The van der Waals surface area contributed by atoms with Gasteiger partial charge in [-0.3, -0.25) is 0 Å². The van der Waals surface area contributed by atoms with Crippen LogP contribution in [0.25, 0.3) is 0 Å². The Morgan fingerprint density at radius 2 is 1.73 bits per heavy atom. The minimum absolute atomic E-state index is 0.268. The molecule has 4 nitrogen and oxygen atoms in total. The maximum absolute atomic E-state index is 6.16. The number of hydrogen-bond acceptors (Lipinski definition) is 4. The van der Waals surface area contributed by atoms with E-state index in [-0.39, 0.29) is 17.3 Å². The van der Waals surface area contributed by atoms with Gasteiger partial charge in [0.1, 0.15) is 6.10 Å². The van der Waals surface area contributed by atoms with E-state index in [0.717, 1.165) is 18.3 Å². The molecule has 1 aliphatic heterocycles. The summed E-state index contributed by atoms with van der Waals surface area (Å²) >= 11 is 0. The van der Waals surface area contributed by atoms with Gasteiger partial charge in [0.05, 0.1) is 11.2 Å². The highest BCUT2D eigenvalue weighted by Crippen LogP contribution is 2.37. The highest BCUT2D eigenvalue weighted by Gasteiger charge is 2.52. The summed E-state index contributed by atoms with van der Waals surface area (Å²) in [7, 11) is -0.419. The van der Waals surface area contributed by atoms with Gasteiger partial charge < -0.3 is 14.0 Å². The normalized spacial score (nSPS) is 24.5. The zero-order valence-electron chi connectivity index (χ0n) is 14.1. The third-order valence-electron chi connectivity index (χ3n) is 5.14. The standard InChI is InChI=1S/C17H26BNO3/c1-16(2)17(3,4)22-18(21-16)14-11-8-12-19-15(14)20-13-9-6-5-7-10-13/h8,11-13H,5-7,9-10H2,1-4H3. The molecule has 0 atom stereocenters. The number of pyridine rings is 1. The summed E-state index contributed by atoms with van der Waals surface area (Å²) in [6.07, 6.45) is 8.05. The molecule has 0 radical (unpaired) electrons. The molecule has 0 unspecified atom stereocenters. The molecule has 120 valence electrons. The summed E-state index contributed by atoms with van der Waals surface area (Å²) in [5, 5.41) is 0. The Hall–Kier alpha value is -1.07. The number of aromatic nitrogens is 1. The summed E-state index contributed by atoms with van der Waals surface area (Å²) in [6, 6.07) is 3.90. The molecule has 2 aliphatic rings. The second kappa shape index (κ2) is 5.86. The van der Waals surface area contributed by atoms with Crippen molar-refractivity contribution in [2.24, 2.45) is 0 Å². The minimum atomic E-state index is -0.419. The van der Waals surface area contributed by atoms with E-state index in [9.17, 15) is 0 Å². The Balaban J connectivity index is 1.80. The lowest BCUT2D eigenvalue weighted by Gasteiger charge is -2.32. The molecule has 0 aromatic carbocycles. The molecule has 1 aromatic rings. The summed E-state index contributed by atoms with van der Waals surface area (Å²) in [5.41, 5.74) is 0.192. The maximum atomic E-state index is 6.16. The lowest BCUT2D eigenvalue weighted by atomic mass is 9.79. The van der Waals surface area contributed by atoms with Gasteiger partial charge in [-0.1, -0.05) is 12.5 Å². The molecule has 3 rings (SSSR count). The van der Waals surface area contributed by atoms with Crippen LogP contribution in [0, 0.1) is 0 Å². The van der Waals surface area contributed by atoms with Crippen molar-refractivity contribution < 1.29 is 14.0 Å². The zero-order valence-corrected chi connectivity index (χ0v) is 14.1. The second-order valence-corrected chi connectivity index (χ2v) is 7.36. The predicted molar refractivity (Wildman–Crippen MR) is 87.5 cm³/mol. The quantitative estimate of drug-likeness (QED) is 0.805. The van der Waals surface area contributed by atoms with Crippen LogP contribution in [0.5, 0.6) is 5.88 Å². The second-order valence-electron chi connectivity index (χ2n) is 7.36.